The zero-order valence-electron chi connectivity index (χ0n) is 16.3. The molecule has 30 heavy (non-hydrogen) atoms. The molecular weight excluding hydrogens is 435 g/mol. The fourth-order valence-electron chi connectivity index (χ4n) is 2.28. The lowest BCUT2D eigenvalue weighted by atomic mass is 9.88. The van der Waals surface area contributed by atoms with Crippen molar-refractivity contribution in [2.75, 3.05) is 26.4 Å². The Balaban J connectivity index is 2.80. The number of ether oxygens (including phenoxy) is 3. The molecule has 0 saturated carbocycles. The second-order valence-corrected chi connectivity index (χ2v) is 6.55. The lowest BCUT2D eigenvalue weighted by Crippen LogP contribution is -2.49. The summed E-state index contributed by atoms with van der Waals surface area (Å²) >= 11 is 0. The van der Waals surface area contributed by atoms with Crippen molar-refractivity contribution in [3.63, 3.8) is 0 Å². The molecule has 0 spiro atoms. The van der Waals surface area contributed by atoms with Crippen LogP contribution in [0, 0.1) is 0 Å². The molecule has 0 saturated heterocycles. The average Bonchev–Trinajstić information content (AvgIpc) is 2.71. The van der Waals surface area contributed by atoms with Crippen molar-refractivity contribution in [3.8, 4) is 0 Å². The van der Waals surface area contributed by atoms with Gasteiger partial charge < -0.3 is 14.2 Å². The fourth-order valence-corrected chi connectivity index (χ4v) is 2.28. The minimum atomic E-state index is -5.87. The summed E-state index contributed by atoms with van der Waals surface area (Å²) < 4.78 is 137. The molecule has 1 rings (SSSR count). The molecule has 12 heteroatoms. The van der Waals surface area contributed by atoms with Crippen molar-refractivity contribution in [2.45, 2.75) is 51.0 Å². The largest absolute Gasteiger partial charge is 0.376 e. The van der Waals surface area contributed by atoms with Gasteiger partial charge in [0.05, 0.1) is 25.4 Å². The van der Waals surface area contributed by atoms with Crippen molar-refractivity contribution in [1.29, 1.82) is 0 Å². The molecule has 0 fully saturated rings. The lowest BCUT2D eigenvalue weighted by molar-refractivity contribution is -0.111. The van der Waals surface area contributed by atoms with Crippen LogP contribution in [0.3, 0.4) is 0 Å². The molecule has 0 N–H and O–H groups in total. The molecule has 0 radical (unpaired) electrons. The molecular formula is C18H21F9O3. The van der Waals surface area contributed by atoms with E-state index in [-0.39, 0.29) is 12.7 Å². The monoisotopic (exact) mass is 456 g/mol. The fraction of sp³-hybridized carbons (Fsp3) is 0.667. The van der Waals surface area contributed by atoms with Crippen molar-refractivity contribution in [1.82, 2.24) is 0 Å². The number of halogens is 9. The van der Waals surface area contributed by atoms with Crippen molar-refractivity contribution in [3.05, 3.63) is 35.0 Å². The maximum Gasteiger partial charge on any atom is 0.348 e. The Labute approximate surface area is 167 Å². The van der Waals surface area contributed by atoms with Gasteiger partial charge >= 0.3 is 5.92 Å². The molecule has 0 aliphatic heterocycles. The van der Waals surface area contributed by atoms with E-state index in [1.807, 2.05) is 6.92 Å². The maximum atomic E-state index is 14.3. The molecule has 1 aliphatic rings. The number of hydrogen-bond acceptors (Lipinski definition) is 3. The van der Waals surface area contributed by atoms with Crippen LogP contribution >= 0.6 is 0 Å². The van der Waals surface area contributed by atoms with Crippen LogP contribution < -0.4 is 0 Å². The first-order valence-electron chi connectivity index (χ1n) is 8.86. The van der Waals surface area contributed by atoms with Crippen molar-refractivity contribution >= 4 is 0 Å². The number of rotatable bonds is 11. The van der Waals surface area contributed by atoms with E-state index in [9.17, 15) is 39.5 Å². The van der Waals surface area contributed by atoms with Gasteiger partial charge in [-0.05, 0) is 20.3 Å². The molecule has 174 valence electrons. The van der Waals surface area contributed by atoms with Gasteiger partial charge in [-0.25, -0.2) is 30.7 Å². The van der Waals surface area contributed by atoms with E-state index in [1.54, 1.807) is 6.92 Å². The van der Waals surface area contributed by atoms with Crippen molar-refractivity contribution in [2.24, 2.45) is 0 Å². The standard InChI is InChI=1S/C18H21F9O3/c1-4-5-29-10(3)7-30-9(2)6-28-8-11(19)14(22)17(25)15(23)12(20)13(21)16(24)18(17,26)27/h9-10H,4-8H2,1-3H3. The summed E-state index contributed by atoms with van der Waals surface area (Å²) in [6, 6.07) is 0. The molecule has 0 aromatic heterocycles. The molecule has 0 amide bonds. The van der Waals surface area contributed by atoms with Crippen LogP contribution in [0.1, 0.15) is 27.2 Å². The van der Waals surface area contributed by atoms with Gasteiger partial charge in [0.25, 0.3) is 5.67 Å². The van der Waals surface area contributed by atoms with E-state index in [0.29, 0.717) is 6.61 Å². The predicted molar refractivity (Wildman–Crippen MR) is 88.5 cm³/mol. The van der Waals surface area contributed by atoms with Gasteiger partial charge in [0.1, 0.15) is 6.61 Å². The Morgan fingerprint density at radius 2 is 1.40 bits per heavy atom. The normalized spacial score (nSPS) is 24.8. The lowest BCUT2D eigenvalue weighted by Gasteiger charge is -2.32. The topological polar surface area (TPSA) is 27.7 Å². The van der Waals surface area contributed by atoms with Crippen LogP contribution in [0.25, 0.3) is 0 Å². The molecule has 3 unspecified atom stereocenters. The Kier molecular flexibility index (Phi) is 9.43. The van der Waals surface area contributed by atoms with E-state index in [2.05, 4.69) is 4.74 Å². The average molecular weight is 456 g/mol. The third kappa shape index (κ3) is 5.38. The van der Waals surface area contributed by atoms with Crippen LogP contribution in [0.5, 0.6) is 0 Å². The smallest absolute Gasteiger partial charge is 0.348 e. The first-order chi connectivity index (χ1) is 13.8. The van der Waals surface area contributed by atoms with Gasteiger partial charge in [-0.15, -0.1) is 0 Å². The Morgan fingerprint density at radius 1 is 0.867 bits per heavy atom. The van der Waals surface area contributed by atoms with E-state index in [4.69, 9.17) is 9.47 Å². The zero-order valence-corrected chi connectivity index (χ0v) is 16.3. The molecule has 0 bridgehead atoms. The first-order valence-corrected chi connectivity index (χ1v) is 8.86. The summed E-state index contributed by atoms with van der Waals surface area (Å²) in [7, 11) is 0. The number of alkyl halides is 3. The minimum absolute atomic E-state index is 0.115. The summed E-state index contributed by atoms with van der Waals surface area (Å²) in [5.41, 5.74) is -5.54. The van der Waals surface area contributed by atoms with Crippen LogP contribution in [-0.2, 0) is 14.2 Å². The van der Waals surface area contributed by atoms with Gasteiger partial charge in [-0.1, -0.05) is 6.92 Å². The third-order valence-electron chi connectivity index (χ3n) is 3.93. The summed E-state index contributed by atoms with van der Waals surface area (Å²) in [4.78, 5) is 0. The van der Waals surface area contributed by atoms with E-state index < -0.39 is 65.9 Å². The number of allylic oxidation sites excluding steroid dienone is 5. The highest BCUT2D eigenvalue weighted by Gasteiger charge is 2.70. The second-order valence-electron chi connectivity index (χ2n) is 6.55. The highest BCUT2D eigenvalue weighted by Crippen LogP contribution is 2.56. The zero-order chi connectivity index (χ0) is 23.3. The quantitative estimate of drug-likeness (QED) is 0.355. The summed E-state index contributed by atoms with van der Waals surface area (Å²) in [6.07, 6.45) is -0.219. The van der Waals surface area contributed by atoms with Gasteiger partial charge in [0.15, 0.2) is 29.1 Å². The molecule has 3 atom stereocenters. The molecule has 1 aliphatic carbocycles. The minimum Gasteiger partial charge on any atom is -0.376 e. The summed E-state index contributed by atoms with van der Waals surface area (Å²) in [6.45, 7) is 3.77. The predicted octanol–water partition coefficient (Wildman–Crippen LogP) is 6.03. The summed E-state index contributed by atoms with van der Waals surface area (Å²) in [5, 5.41) is 0. The Hall–Kier alpha value is -1.53. The van der Waals surface area contributed by atoms with Crippen LogP contribution in [-0.4, -0.2) is 50.2 Å². The van der Waals surface area contributed by atoms with E-state index >= 15 is 0 Å². The molecule has 3 nitrogen and oxygen atoms in total. The van der Waals surface area contributed by atoms with Crippen LogP contribution in [0.4, 0.5) is 39.5 Å². The van der Waals surface area contributed by atoms with Crippen LogP contribution in [0.2, 0.25) is 0 Å². The van der Waals surface area contributed by atoms with Crippen LogP contribution in [0.15, 0.2) is 35.0 Å². The van der Waals surface area contributed by atoms with E-state index in [1.165, 1.54) is 6.92 Å². The molecule has 0 aromatic rings. The Morgan fingerprint density at radius 3 is 1.97 bits per heavy atom. The SMILES string of the molecule is CCCOC(C)COC(C)COCC(F)=C(F)C1(F)C(F)=C(F)C(F)=C(F)C1(F)F. The Bertz CT molecular complexity index is 705. The summed E-state index contributed by atoms with van der Waals surface area (Å²) in [5.74, 6) is -24.3. The van der Waals surface area contributed by atoms with Gasteiger partial charge in [0.2, 0.25) is 5.83 Å². The van der Waals surface area contributed by atoms with Crippen molar-refractivity contribution < 1.29 is 53.7 Å². The molecule has 0 heterocycles. The van der Waals surface area contributed by atoms with Gasteiger partial charge in [-0.3, -0.25) is 0 Å². The highest BCUT2D eigenvalue weighted by atomic mass is 19.3. The maximum absolute atomic E-state index is 14.3. The van der Waals surface area contributed by atoms with Gasteiger partial charge in [-0.2, -0.15) is 8.78 Å². The highest BCUT2D eigenvalue weighted by molar-refractivity contribution is 5.47. The van der Waals surface area contributed by atoms with E-state index in [0.717, 1.165) is 6.42 Å². The first kappa shape index (κ1) is 26.5. The molecule has 0 aromatic carbocycles. The second kappa shape index (κ2) is 10.7. The number of hydrogen-bond donors (Lipinski definition) is 0. The van der Waals surface area contributed by atoms with Gasteiger partial charge in [0, 0.05) is 6.61 Å². The third-order valence-corrected chi connectivity index (χ3v) is 3.93.